The zero-order chi connectivity index (χ0) is 14.7. The topological polar surface area (TPSA) is 49.6 Å². The van der Waals surface area contributed by atoms with E-state index in [1.54, 1.807) is 36.4 Å². The SMILES string of the molecule is CN(C)C(=O)c1ccc(N(C)Cc2cccs2)c(N)c1. The molecular formula is C15H19N3OS. The number of carbonyl (C=O) groups is 1. The van der Waals surface area contributed by atoms with Gasteiger partial charge in [-0.2, -0.15) is 0 Å². The summed E-state index contributed by atoms with van der Waals surface area (Å²) in [7, 11) is 5.46. The van der Waals surface area contributed by atoms with Crippen molar-refractivity contribution in [2.75, 3.05) is 31.8 Å². The van der Waals surface area contributed by atoms with E-state index in [0.717, 1.165) is 12.2 Å². The number of amides is 1. The molecule has 0 aliphatic rings. The molecule has 2 rings (SSSR count). The molecule has 0 saturated heterocycles. The summed E-state index contributed by atoms with van der Waals surface area (Å²) in [5.41, 5.74) is 8.25. The molecule has 1 aromatic heterocycles. The summed E-state index contributed by atoms with van der Waals surface area (Å²) >= 11 is 1.72. The number of thiophene rings is 1. The van der Waals surface area contributed by atoms with Crippen LogP contribution >= 0.6 is 11.3 Å². The van der Waals surface area contributed by atoms with E-state index in [2.05, 4.69) is 16.3 Å². The maximum atomic E-state index is 11.9. The fourth-order valence-electron chi connectivity index (χ4n) is 2.01. The lowest BCUT2D eigenvalue weighted by Crippen LogP contribution is -2.22. The second kappa shape index (κ2) is 5.96. The van der Waals surface area contributed by atoms with Gasteiger partial charge in [-0.25, -0.2) is 0 Å². The van der Waals surface area contributed by atoms with Crippen LogP contribution in [0.15, 0.2) is 35.7 Å². The van der Waals surface area contributed by atoms with E-state index in [1.807, 2.05) is 25.2 Å². The Labute approximate surface area is 123 Å². The second-order valence-corrected chi connectivity index (χ2v) is 5.94. The number of hydrogen-bond donors (Lipinski definition) is 1. The van der Waals surface area contributed by atoms with Gasteiger partial charge in [0.15, 0.2) is 0 Å². The smallest absolute Gasteiger partial charge is 0.253 e. The van der Waals surface area contributed by atoms with E-state index < -0.39 is 0 Å². The first-order valence-corrected chi connectivity index (χ1v) is 7.21. The maximum absolute atomic E-state index is 11.9. The van der Waals surface area contributed by atoms with Crippen LogP contribution in [-0.4, -0.2) is 32.0 Å². The lowest BCUT2D eigenvalue weighted by Gasteiger charge is -2.21. The highest BCUT2D eigenvalue weighted by Gasteiger charge is 2.12. The average molecular weight is 289 g/mol. The molecule has 106 valence electrons. The van der Waals surface area contributed by atoms with Gasteiger partial charge in [-0.05, 0) is 29.6 Å². The average Bonchev–Trinajstić information content (AvgIpc) is 2.90. The zero-order valence-corrected chi connectivity index (χ0v) is 12.8. The highest BCUT2D eigenvalue weighted by atomic mass is 32.1. The molecule has 2 aromatic rings. The van der Waals surface area contributed by atoms with Gasteiger partial charge in [0.05, 0.1) is 17.9 Å². The van der Waals surface area contributed by atoms with E-state index in [9.17, 15) is 4.79 Å². The summed E-state index contributed by atoms with van der Waals surface area (Å²) in [6.07, 6.45) is 0. The first-order chi connectivity index (χ1) is 9.49. The van der Waals surface area contributed by atoms with E-state index in [-0.39, 0.29) is 5.91 Å². The van der Waals surface area contributed by atoms with Gasteiger partial charge in [0.1, 0.15) is 0 Å². The predicted octanol–water partition coefficient (Wildman–Crippen LogP) is 2.67. The third-order valence-electron chi connectivity index (χ3n) is 3.07. The summed E-state index contributed by atoms with van der Waals surface area (Å²) in [5, 5.41) is 2.06. The normalized spacial score (nSPS) is 10.3. The molecule has 1 amide bonds. The Kier molecular flexibility index (Phi) is 4.29. The second-order valence-electron chi connectivity index (χ2n) is 4.91. The summed E-state index contributed by atoms with van der Waals surface area (Å²) in [5.74, 6) is -0.0378. The molecule has 0 saturated carbocycles. The number of nitrogens with zero attached hydrogens (tertiary/aromatic N) is 2. The number of carbonyl (C=O) groups excluding carboxylic acids is 1. The van der Waals surface area contributed by atoms with Crippen LogP contribution in [-0.2, 0) is 6.54 Å². The molecule has 5 heteroatoms. The van der Waals surface area contributed by atoms with Crippen molar-refractivity contribution in [3.8, 4) is 0 Å². The lowest BCUT2D eigenvalue weighted by atomic mass is 10.1. The van der Waals surface area contributed by atoms with Crippen LogP contribution in [0.1, 0.15) is 15.2 Å². The molecule has 20 heavy (non-hydrogen) atoms. The number of anilines is 2. The van der Waals surface area contributed by atoms with Gasteiger partial charge >= 0.3 is 0 Å². The predicted molar refractivity (Wildman–Crippen MR) is 85.3 cm³/mol. The molecule has 0 bridgehead atoms. The minimum absolute atomic E-state index is 0.0378. The number of rotatable bonds is 4. The monoisotopic (exact) mass is 289 g/mol. The first-order valence-electron chi connectivity index (χ1n) is 6.33. The molecule has 4 nitrogen and oxygen atoms in total. The van der Waals surface area contributed by atoms with E-state index in [4.69, 9.17) is 5.73 Å². The molecule has 1 heterocycles. The summed E-state index contributed by atoms with van der Waals surface area (Å²) < 4.78 is 0. The van der Waals surface area contributed by atoms with Crippen molar-refractivity contribution in [1.82, 2.24) is 4.90 Å². The van der Waals surface area contributed by atoms with Crippen molar-refractivity contribution in [2.24, 2.45) is 0 Å². The zero-order valence-electron chi connectivity index (χ0n) is 12.0. The van der Waals surface area contributed by atoms with Gasteiger partial charge in [0.2, 0.25) is 0 Å². The molecule has 0 radical (unpaired) electrons. The van der Waals surface area contributed by atoms with Crippen molar-refractivity contribution in [1.29, 1.82) is 0 Å². The van der Waals surface area contributed by atoms with Gasteiger partial charge < -0.3 is 15.5 Å². The van der Waals surface area contributed by atoms with Crippen molar-refractivity contribution in [2.45, 2.75) is 6.54 Å². The quantitative estimate of drug-likeness (QED) is 0.880. The molecule has 1 aromatic carbocycles. The van der Waals surface area contributed by atoms with Gasteiger partial charge in [0.25, 0.3) is 5.91 Å². The Balaban J connectivity index is 2.19. The van der Waals surface area contributed by atoms with Crippen LogP contribution in [0.25, 0.3) is 0 Å². The van der Waals surface area contributed by atoms with Crippen LogP contribution in [0.5, 0.6) is 0 Å². The molecule has 0 fully saturated rings. The number of hydrogen-bond acceptors (Lipinski definition) is 4. The van der Waals surface area contributed by atoms with E-state index >= 15 is 0 Å². The summed E-state index contributed by atoms with van der Waals surface area (Å²) in [4.78, 5) is 16.8. The fraction of sp³-hybridized carbons (Fsp3) is 0.267. The number of nitrogens with two attached hydrogens (primary N) is 1. The van der Waals surface area contributed by atoms with E-state index in [1.165, 1.54) is 4.88 Å². The maximum Gasteiger partial charge on any atom is 0.253 e. The lowest BCUT2D eigenvalue weighted by molar-refractivity contribution is 0.0827. The van der Waals surface area contributed by atoms with E-state index in [0.29, 0.717) is 11.3 Å². The number of nitrogen functional groups attached to an aromatic ring is 1. The third kappa shape index (κ3) is 3.11. The Hall–Kier alpha value is -2.01. The largest absolute Gasteiger partial charge is 0.397 e. The van der Waals surface area contributed by atoms with Gasteiger partial charge in [-0.3, -0.25) is 4.79 Å². The Morgan fingerprint density at radius 1 is 1.25 bits per heavy atom. The van der Waals surface area contributed by atoms with Gasteiger partial charge in [0, 0.05) is 31.6 Å². The summed E-state index contributed by atoms with van der Waals surface area (Å²) in [6.45, 7) is 0.808. The molecule has 2 N–H and O–H groups in total. The molecular weight excluding hydrogens is 270 g/mol. The molecule has 0 aliphatic heterocycles. The van der Waals surface area contributed by atoms with Crippen LogP contribution in [0.4, 0.5) is 11.4 Å². The van der Waals surface area contributed by atoms with Crippen molar-refractivity contribution in [3.63, 3.8) is 0 Å². The van der Waals surface area contributed by atoms with Crippen LogP contribution < -0.4 is 10.6 Å². The Morgan fingerprint density at radius 3 is 2.55 bits per heavy atom. The molecule has 0 unspecified atom stereocenters. The minimum atomic E-state index is -0.0378. The summed E-state index contributed by atoms with van der Waals surface area (Å²) in [6, 6.07) is 9.60. The van der Waals surface area contributed by atoms with Crippen LogP contribution in [0.2, 0.25) is 0 Å². The fourth-order valence-corrected chi connectivity index (χ4v) is 2.77. The Morgan fingerprint density at radius 2 is 2.00 bits per heavy atom. The highest BCUT2D eigenvalue weighted by molar-refractivity contribution is 7.09. The Bertz CT molecular complexity index is 593. The van der Waals surface area contributed by atoms with Gasteiger partial charge in [-0.1, -0.05) is 6.07 Å². The highest BCUT2D eigenvalue weighted by Crippen LogP contribution is 2.26. The standard InChI is InChI=1S/C15H19N3OS/c1-17(2)15(19)11-6-7-14(13(16)9-11)18(3)10-12-5-4-8-20-12/h4-9H,10,16H2,1-3H3. The van der Waals surface area contributed by atoms with Gasteiger partial charge in [-0.15, -0.1) is 11.3 Å². The third-order valence-corrected chi connectivity index (χ3v) is 3.93. The van der Waals surface area contributed by atoms with Crippen molar-refractivity contribution >= 4 is 28.6 Å². The minimum Gasteiger partial charge on any atom is -0.397 e. The first kappa shape index (κ1) is 14.4. The molecule has 0 aliphatic carbocycles. The van der Waals surface area contributed by atoms with Crippen LogP contribution in [0.3, 0.4) is 0 Å². The molecule has 0 atom stereocenters. The van der Waals surface area contributed by atoms with Crippen LogP contribution in [0, 0.1) is 0 Å². The van der Waals surface area contributed by atoms with Crippen molar-refractivity contribution < 1.29 is 4.79 Å². The van der Waals surface area contributed by atoms with Crippen molar-refractivity contribution in [3.05, 3.63) is 46.2 Å². The molecule has 0 spiro atoms. The number of benzene rings is 1.